The van der Waals surface area contributed by atoms with Crippen LogP contribution in [-0.2, 0) is 10.0 Å². The molecule has 0 saturated carbocycles. The van der Waals surface area contributed by atoms with Crippen LogP contribution in [0.4, 0.5) is 0 Å². The molecule has 5 nitrogen and oxygen atoms in total. The van der Waals surface area contributed by atoms with Crippen LogP contribution in [0.5, 0.6) is 11.5 Å². The molecule has 0 radical (unpaired) electrons. The zero-order valence-electron chi connectivity index (χ0n) is 11.2. The van der Waals surface area contributed by atoms with Gasteiger partial charge in [-0.1, -0.05) is 0 Å². The molecule has 1 unspecified atom stereocenters. The van der Waals surface area contributed by atoms with E-state index >= 15 is 0 Å². The highest BCUT2D eigenvalue weighted by Gasteiger charge is 2.33. The maximum absolute atomic E-state index is 12.6. The Kier molecular flexibility index (Phi) is 3.83. The summed E-state index contributed by atoms with van der Waals surface area (Å²) in [7, 11) is -3.46. The summed E-state index contributed by atoms with van der Waals surface area (Å²) in [5.41, 5.74) is 0. The van der Waals surface area contributed by atoms with E-state index in [1.807, 2.05) is 6.92 Å². The zero-order valence-corrected chi connectivity index (χ0v) is 12.9. The standard InChI is InChI=1S/C13H17NO4S2/c1-10-14(5-8-19-10)20(15,16)11-3-4-12-13(9-11)18-7-2-6-17-12/h3-4,9-10H,2,5-8H2,1H3. The first kappa shape index (κ1) is 14.0. The lowest BCUT2D eigenvalue weighted by atomic mass is 10.3. The molecule has 3 rings (SSSR count). The molecule has 2 aliphatic rings. The van der Waals surface area contributed by atoms with Gasteiger partial charge in [0.1, 0.15) is 0 Å². The van der Waals surface area contributed by atoms with Crippen molar-refractivity contribution in [1.29, 1.82) is 0 Å². The van der Waals surface area contributed by atoms with Gasteiger partial charge in [0, 0.05) is 24.8 Å². The van der Waals surface area contributed by atoms with Crippen LogP contribution in [0, 0.1) is 0 Å². The molecule has 20 heavy (non-hydrogen) atoms. The molecule has 1 atom stereocenters. The molecule has 1 saturated heterocycles. The minimum absolute atomic E-state index is 0.0176. The normalized spacial score (nSPS) is 23.6. The van der Waals surface area contributed by atoms with Crippen LogP contribution >= 0.6 is 11.8 Å². The number of ether oxygens (including phenoxy) is 2. The minimum atomic E-state index is -3.46. The summed E-state index contributed by atoms with van der Waals surface area (Å²) < 4.78 is 37.9. The van der Waals surface area contributed by atoms with E-state index in [2.05, 4.69) is 0 Å². The number of sulfonamides is 1. The SMILES string of the molecule is CC1SCCN1S(=O)(=O)c1ccc2c(c1)OCCCO2. The van der Waals surface area contributed by atoms with Crippen molar-refractivity contribution in [3.05, 3.63) is 18.2 Å². The van der Waals surface area contributed by atoms with Gasteiger partial charge in [0.15, 0.2) is 11.5 Å². The van der Waals surface area contributed by atoms with Gasteiger partial charge in [-0.25, -0.2) is 8.42 Å². The van der Waals surface area contributed by atoms with Gasteiger partial charge in [-0.15, -0.1) is 11.8 Å². The number of fused-ring (bicyclic) bond motifs is 1. The molecule has 2 aliphatic heterocycles. The van der Waals surface area contributed by atoms with Crippen LogP contribution in [0.1, 0.15) is 13.3 Å². The molecule has 0 bridgehead atoms. The highest BCUT2D eigenvalue weighted by atomic mass is 32.2. The van der Waals surface area contributed by atoms with E-state index in [4.69, 9.17) is 9.47 Å². The molecular weight excluding hydrogens is 298 g/mol. The Morgan fingerprint density at radius 3 is 2.70 bits per heavy atom. The second kappa shape index (κ2) is 5.46. The van der Waals surface area contributed by atoms with E-state index in [0.29, 0.717) is 31.3 Å². The van der Waals surface area contributed by atoms with Gasteiger partial charge in [0.25, 0.3) is 0 Å². The summed E-state index contributed by atoms with van der Waals surface area (Å²) in [5, 5.41) is -0.0176. The number of benzene rings is 1. The number of thioether (sulfide) groups is 1. The second-order valence-corrected chi connectivity index (χ2v) is 8.06. The third kappa shape index (κ3) is 2.49. The van der Waals surface area contributed by atoms with Gasteiger partial charge >= 0.3 is 0 Å². The van der Waals surface area contributed by atoms with Crippen molar-refractivity contribution >= 4 is 21.8 Å². The Morgan fingerprint density at radius 1 is 1.25 bits per heavy atom. The van der Waals surface area contributed by atoms with E-state index in [0.717, 1.165) is 12.2 Å². The number of hydrogen-bond acceptors (Lipinski definition) is 5. The highest BCUT2D eigenvalue weighted by molar-refractivity contribution is 8.01. The summed E-state index contributed by atoms with van der Waals surface area (Å²) in [4.78, 5) is 0.274. The average molecular weight is 315 g/mol. The topological polar surface area (TPSA) is 55.8 Å². The van der Waals surface area contributed by atoms with Crippen molar-refractivity contribution in [3.63, 3.8) is 0 Å². The lowest BCUT2D eigenvalue weighted by Crippen LogP contribution is -2.33. The Bertz CT molecular complexity index is 602. The fraction of sp³-hybridized carbons (Fsp3) is 0.538. The van der Waals surface area contributed by atoms with Crippen molar-refractivity contribution in [2.75, 3.05) is 25.5 Å². The zero-order chi connectivity index (χ0) is 14.2. The first-order valence-corrected chi connectivity index (χ1v) is 9.11. The molecule has 1 aromatic rings. The Morgan fingerprint density at radius 2 is 2.00 bits per heavy atom. The number of nitrogens with zero attached hydrogens (tertiary/aromatic N) is 1. The minimum Gasteiger partial charge on any atom is -0.490 e. The fourth-order valence-corrected chi connectivity index (χ4v) is 5.38. The molecule has 0 aromatic heterocycles. The lowest BCUT2D eigenvalue weighted by Gasteiger charge is -2.20. The van der Waals surface area contributed by atoms with Crippen LogP contribution in [0.2, 0.25) is 0 Å². The van der Waals surface area contributed by atoms with Gasteiger partial charge in [-0.3, -0.25) is 0 Å². The second-order valence-electron chi connectivity index (χ2n) is 4.74. The molecule has 110 valence electrons. The molecule has 2 heterocycles. The summed E-state index contributed by atoms with van der Waals surface area (Å²) in [6, 6.07) is 4.85. The first-order valence-electron chi connectivity index (χ1n) is 6.62. The third-order valence-electron chi connectivity index (χ3n) is 3.40. The molecule has 0 N–H and O–H groups in total. The average Bonchev–Trinajstić information content (AvgIpc) is 2.73. The molecule has 1 aromatic carbocycles. The first-order chi connectivity index (χ1) is 9.59. The van der Waals surface area contributed by atoms with Crippen molar-refractivity contribution in [2.24, 2.45) is 0 Å². The van der Waals surface area contributed by atoms with Crippen molar-refractivity contribution in [3.8, 4) is 11.5 Å². The van der Waals surface area contributed by atoms with E-state index < -0.39 is 10.0 Å². The Balaban J connectivity index is 1.96. The summed E-state index contributed by atoms with van der Waals surface area (Å²) in [6.45, 7) is 3.62. The molecule has 7 heteroatoms. The van der Waals surface area contributed by atoms with Crippen LogP contribution in [0.3, 0.4) is 0 Å². The monoisotopic (exact) mass is 315 g/mol. The van der Waals surface area contributed by atoms with Crippen molar-refractivity contribution in [1.82, 2.24) is 4.31 Å². The molecule has 0 spiro atoms. The van der Waals surface area contributed by atoms with E-state index in [-0.39, 0.29) is 10.3 Å². The number of hydrogen-bond donors (Lipinski definition) is 0. The van der Waals surface area contributed by atoms with Gasteiger partial charge in [0.05, 0.1) is 23.5 Å². The largest absolute Gasteiger partial charge is 0.490 e. The maximum atomic E-state index is 12.6. The maximum Gasteiger partial charge on any atom is 0.244 e. The molecule has 0 aliphatic carbocycles. The van der Waals surface area contributed by atoms with Crippen LogP contribution in [-0.4, -0.2) is 43.6 Å². The van der Waals surface area contributed by atoms with Crippen molar-refractivity contribution in [2.45, 2.75) is 23.6 Å². The van der Waals surface area contributed by atoms with E-state index in [1.54, 1.807) is 30.0 Å². The fourth-order valence-electron chi connectivity index (χ4n) is 2.33. The smallest absolute Gasteiger partial charge is 0.244 e. The van der Waals surface area contributed by atoms with Crippen LogP contribution < -0.4 is 9.47 Å². The van der Waals surface area contributed by atoms with E-state index in [9.17, 15) is 8.42 Å². The Labute approximate surface area is 123 Å². The van der Waals surface area contributed by atoms with Gasteiger partial charge in [-0.2, -0.15) is 4.31 Å². The summed E-state index contributed by atoms with van der Waals surface area (Å²) in [6.07, 6.45) is 0.802. The Hall–Kier alpha value is -0.920. The van der Waals surface area contributed by atoms with Gasteiger partial charge < -0.3 is 9.47 Å². The predicted octanol–water partition coefficient (Wildman–Crippen LogP) is 1.93. The number of rotatable bonds is 2. The highest BCUT2D eigenvalue weighted by Crippen LogP contribution is 2.35. The summed E-state index contributed by atoms with van der Waals surface area (Å²) in [5.74, 6) is 1.97. The van der Waals surface area contributed by atoms with E-state index in [1.165, 1.54) is 4.31 Å². The summed E-state index contributed by atoms with van der Waals surface area (Å²) >= 11 is 1.65. The van der Waals surface area contributed by atoms with Crippen LogP contribution in [0.15, 0.2) is 23.1 Å². The van der Waals surface area contributed by atoms with Gasteiger partial charge in [-0.05, 0) is 19.1 Å². The lowest BCUT2D eigenvalue weighted by molar-refractivity contribution is 0.296. The van der Waals surface area contributed by atoms with Crippen LogP contribution in [0.25, 0.3) is 0 Å². The predicted molar refractivity (Wildman–Crippen MR) is 77.9 cm³/mol. The molecular formula is C13H17NO4S2. The third-order valence-corrected chi connectivity index (χ3v) is 6.66. The van der Waals surface area contributed by atoms with Crippen molar-refractivity contribution < 1.29 is 17.9 Å². The quantitative estimate of drug-likeness (QED) is 0.835. The van der Waals surface area contributed by atoms with Gasteiger partial charge in [0.2, 0.25) is 10.0 Å². The molecule has 1 fully saturated rings. The molecule has 0 amide bonds.